The Bertz CT molecular complexity index is 253. The molecule has 0 heterocycles. The molecule has 0 aliphatic heterocycles. The van der Waals surface area contributed by atoms with Gasteiger partial charge < -0.3 is 4.74 Å². The van der Waals surface area contributed by atoms with E-state index in [2.05, 4.69) is 12.2 Å². The molecule has 15 heavy (non-hydrogen) atoms. The second-order valence-corrected chi connectivity index (χ2v) is 4.41. The zero-order chi connectivity index (χ0) is 11.3. The van der Waals surface area contributed by atoms with E-state index >= 15 is 0 Å². The first kappa shape index (κ1) is 12.4. The quantitative estimate of drug-likeness (QED) is 0.389. The first-order valence-electron chi connectivity index (χ1n) is 5.42. The van der Waals surface area contributed by atoms with Gasteiger partial charge in [0.05, 0.1) is 19.7 Å². The van der Waals surface area contributed by atoms with Crippen LogP contribution in [0.25, 0.3) is 0 Å². The van der Waals surface area contributed by atoms with Crippen molar-refractivity contribution in [3.05, 3.63) is 12.2 Å². The fourth-order valence-electron chi connectivity index (χ4n) is 1.99. The van der Waals surface area contributed by atoms with Gasteiger partial charge in [-0.2, -0.15) is 0 Å². The van der Waals surface area contributed by atoms with Crippen LogP contribution in [0.15, 0.2) is 12.2 Å². The van der Waals surface area contributed by atoms with Gasteiger partial charge in [0.2, 0.25) is 0 Å². The topological polar surface area (TPSA) is 26.3 Å². The van der Waals surface area contributed by atoms with Gasteiger partial charge in [-0.1, -0.05) is 24.4 Å². The maximum absolute atomic E-state index is 11.7. The molecule has 0 fully saturated rings. The monoisotopic (exact) mass is 203 g/mol. The van der Waals surface area contributed by atoms with Crippen molar-refractivity contribution in [1.29, 1.82) is 0 Å². The van der Waals surface area contributed by atoms with Crippen LogP contribution in [0.3, 0.4) is 0 Å². The Hall–Kier alpha value is -0.660. The predicted octanol–water partition coefficient (Wildman–Crippen LogP) is 1.87. The van der Waals surface area contributed by atoms with Gasteiger partial charge in [0.25, 0.3) is 0 Å². The molecule has 1 aliphatic rings. The highest BCUT2D eigenvalue weighted by atomic mass is 16.5. The van der Waals surface area contributed by atoms with Crippen LogP contribution >= 0.6 is 0 Å². The van der Waals surface area contributed by atoms with Crippen molar-refractivity contribution >= 4 is 20.9 Å². The third-order valence-corrected chi connectivity index (χ3v) is 3.20. The van der Waals surface area contributed by atoms with Gasteiger partial charge in [-0.25, -0.2) is 0 Å². The largest absolute Gasteiger partial charge is 0.469 e. The molecule has 2 nitrogen and oxygen atoms in total. The molecule has 0 amide bonds. The van der Waals surface area contributed by atoms with Crippen molar-refractivity contribution in [3.63, 3.8) is 0 Å². The summed E-state index contributed by atoms with van der Waals surface area (Å²) in [5.41, 5.74) is -0.346. The molecular formula is C11H17B2O2. The van der Waals surface area contributed by atoms with Crippen LogP contribution in [0.4, 0.5) is 0 Å². The maximum Gasteiger partial charge on any atom is 0.311 e. The fraction of sp³-hybridized carbons (Fsp3) is 0.727. The number of methoxy groups -OCH3 is 1. The number of hydrogen-bond donors (Lipinski definition) is 0. The normalized spacial score (nSPS) is 33.6. The van der Waals surface area contributed by atoms with E-state index in [1.165, 1.54) is 7.11 Å². The second-order valence-electron chi connectivity index (χ2n) is 4.41. The zero-order valence-electron chi connectivity index (χ0n) is 9.53. The van der Waals surface area contributed by atoms with E-state index < -0.39 is 0 Å². The van der Waals surface area contributed by atoms with E-state index in [0.717, 1.165) is 25.7 Å². The number of carbonyl (C=O) groups is 1. The molecule has 0 spiro atoms. The van der Waals surface area contributed by atoms with Gasteiger partial charge in [-0.05, 0) is 26.2 Å². The Balaban J connectivity index is 2.69. The number of rotatable bonds is 2. The molecule has 79 valence electrons. The molecule has 0 unspecified atom stereocenters. The summed E-state index contributed by atoms with van der Waals surface area (Å²) in [6, 6.07) is 0. The zero-order valence-corrected chi connectivity index (χ0v) is 9.53. The molecule has 0 aromatic carbocycles. The molecule has 3 radical (unpaired) electrons. The molecule has 1 aliphatic carbocycles. The first-order valence-corrected chi connectivity index (χ1v) is 5.42. The summed E-state index contributed by atoms with van der Waals surface area (Å²) in [7, 11) is 8.68. The predicted molar refractivity (Wildman–Crippen MR) is 63.0 cm³/mol. The molecule has 0 N–H and O–H groups in total. The van der Waals surface area contributed by atoms with Crippen LogP contribution in [0.1, 0.15) is 32.6 Å². The minimum atomic E-state index is -0.346. The van der Waals surface area contributed by atoms with Crippen molar-refractivity contribution in [2.75, 3.05) is 7.11 Å². The van der Waals surface area contributed by atoms with Crippen molar-refractivity contribution in [2.24, 2.45) is 5.41 Å². The van der Waals surface area contributed by atoms with Gasteiger partial charge >= 0.3 is 5.97 Å². The van der Waals surface area contributed by atoms with Gasteiger partial charge in [0.1, 0.15) is 0 Å². The lowest BCUT2D eigenvalue weighted by atomic mass is 9.45. The van der Waals surface area contributed by atoms with E-state index in [1.54, 1.807) is 7.17 Å². The molecule has 1 rings (SSSR count). The molecule has 2 atom stereocenters. The summed E-state index contributed by atoms with van der Waals surface area (Å²) in [5.74, 6) is 0.183. The van der Waals surface area contributed by atoms with Gasteiger partial charge in [0.15, 0.2) is 0 Å². The lowest BCUT2D eigenvalue weighted by molar-refractivity contribution is -0.152. The summed E-state index contributed by atoms with van der Waals surface area (Å²) in [6.45, 7) is 1.98. The summed E-state index contributed by atoms with van der Waals surface area (Å²) < 4.78 is 4.85. The van der Waals surface area contributed by atoms with Crippen molar-refractivity contribution in [1.82, 2.24) is 0 Å². The molecule has 0 aromatic rings. The van der Waals surface area contributed by atoms with Crippen LogP contribution in [-0.2, 0) is 9.53 Å². The lowest BCUT2D eigenvalue weighted by Crippen LogP contribution is -2.30. The van der Waals surface area contributed by atoms with Crippen molar-refractivity contribution in [3.8, 4) is 0 Å². The third kappa shape index (κ3) is 3.15. The van der Waals surface area contributed by atoms with Crippen LogP contribution in [-0.4, -0.2) is 28.0 Å². The van der Waals surface area contributed by atoms with Crippen LogP contribution in [0, 0.1) is 5.41 Å². The maximum atomic E-state index is 11.7. The smallest absolute Gasteiger partial charge is 0.311 e. The minimum absolute atomic E-state index is 0.103. The van der Waals surface area contributed by atoms with Crippen molar-refractivity contribution in [2.45, 2.75) is 38.4 Å². The van der Waals surface area contributed by atoms with Crippen LogP contribution < -0.4 is 0 Å². The summed E-state index contributed by atoms with van der Waals surface area (Å²) in [6.07, 6.45) is 7.75. The molecular weight excluding hydrogens is 186 g/mol. The van der Waals surface area contributed by atoms with Gasteiger partial charge in [-0.3, -0.25) is 4.79 Å². The number of esters is 1. The third-order valence-electron chi connectivity index (χ3n) is 3.20. The van der Waals surface area contributed by atoms with Gasteiger partial charge in [0, 0.05) is 7.74 Å². The molecule has 0 saturated carbocycles. The van der Waals surface area contributed by atoms with E-state index in [9.17, 15) is 4.79 Å². The highest BCUT2D eigenvalue weighted by Gasteiger charge is 2.34. The standard InChI is InChI=1S/C11H17B2O2/c1-11(10(14)15-2)7-4-3-5-9(13-12)6-8-11/h3,5,9H,4,6-8H2,1-2H3/b5-3+/t9-,11+/m0/s1. The van der Waals surface area contributed by atoms with E-state index in [1.807, 2.05) is 6.92 Å². The Labute approximate surface area is 94.1 Å². The number of hydrogen-bond acceptors (Lipinski definition) is 2. The fourth-order valence-corrected chi connectivity index (χ4v) is 1.99. The SMILES string of the molecule is [B][B][C@H]1/C=C/CC[C@@](C)(C(=O)OC)CC1. The minimum Gasteiger partial charge on any atom is -0.469 e. The molecule has 0 aromatic heterocycles. The second kappa shape index (κ2) is 5.43. The highest BCUT2D eigenvalue weighted by molar-refractivity contribution is 6.90. The van der Waals surface area contributed by atoms with Crippen LogP contribution in [0.5, 0.6) is 0 Å². The molecule has 4 heteroatoms. The summed E-state index contributed by atoms with van der Waals surface area (Å²) >= 11 is 0. The number of allylic oxidation sites excluding steroid dienone is 2. The Kier molecular flexibility index (Phi) is 4.49. The molecule has 0 bridgehead atoms. The first-order chi connectivity index (χ1) is 7.12. The van der Waals surface area contributed by atoms with Crippen LogP contribution in [0.2, 0.25) is 5.82 Å². The van der Waals surface area contributed by atoms with E-state index in [4.69, 9.17) is 12.5 Å². The average molecular weight is 203 g/mol. The van der Waals surface area contributed by atoms with E-state index in [0.29, 0.717) is 0 Å². The summed E-state index contributed by atoms with van der Waals surface area (Å²) in [4.78, 5) is 11.7. The Morgan fingerprint density at radius 1 is 1.60 bits per heavy atom. The highest BCUT2D eigenvalue weighted by Crippen LogP contribution is 2.35. The number of ether oxygens (including phenoxy) is 1. The molecule has 0 saturated heterocycles. The summed E-state index contributed by atoms with van der Waals surface area (Å²) in [5, 5.41) is 0. The van der Waals surface area contributed by atoms with Crippen molar-refractivity contribution < 1.29 is 9.53 Å². The lowest BCUT2D eigenvalue weighted by Gasteiger charge is -2.29. The number of carbonyl (C=O) groups excluding carboxylic acids is 1. The Morgan fingerprint density at radius 3 is 2.93 bits per heavy atom. The van der Waals surface area contributed by atoms with Gasteiger partial charge in [-0.15, -0.1) is 0 Å². The average Bonchev–Trinajstić information content (AvgIpc) is 2.23. The van der Waals surface area contributed by atoms with E-state index in [-0.39, 0.29) is 17.2 Å². The Morgan fingerprint density at radius 2 is 2.33 bits per heavy atom.